The van der Waals surface area contributed by atoms with Crippen molar-refractivity contribution in [3.8, 4) is 17.6 Å². The zero-order chi connectivity index (χ0) is 29.6. The van der Waals surface area contributed by atoms with E-state index in [9.17, 15) is 18.7 Å². The van der Waals surface area contributed by atoms with Crippen LogP contribution >= 0.6 is 22.4 Å². The molecule has 1 amide bonds. The fourth-order valence-electron chi connectivity index (χ4n) is 4.46. The lowest BCUT2D eigenvalue weighted by atomic mass is 10.1. The van der Waals surface area contributed by atoms with Crippen LogP contribution in [-0.4, -0.2) is 32.7 Å². The van der Waals surface area contributed by atoms with Crippen LogP contribution in [0.2, 0.25) is 5.02 Å². The fraction of sp³-hybridized carbons (Fsp3) is 0.233. The smallest absolute Gasteiger partial charge is 0.225 e. The van der Waals surface area contributed by atoms with Gasteiger partial charge in [0, 0.05) is 40.8 Å². The first-order valence-corrected chi connectivity index (χ1v) is 16.2. The quantitative estimate of drug-likeness (QED) is 0.179. The molecule has 0 spiro atoms. The predicted molar refractivity (Wildman–Crippen MR) is 165 cm³/mol. The molecule has 8 nitrogen and oxygen atoms in total. The van der Waals surface area contributed by atoms with E-state index in [2.05, 4.69) is 21.7 Å². The number of aromatic nitrogens is 1. The topological polar surface area (TPSA) is 113 Å². The van der Waals surface area contributed by atoms with Crippen molar-refractivity contribution in [3.63, 3.8) is 0 Å². The molecule has 0 radical (unpaired) electrons. The Morgan fingerprint density at radius 1 is 1.21 bits per heavy atom. The Kier molecular flexibility index (Phi) is 9.47. The highest BCUT2D eigenvalue weighted by Crippen LogP contribution is 2.38. The average Bonchev–Trinajstić information content (AvgIpc) is 3.37. The molecule has 4 aromatic rings. The molecule has 42 heavy (non-hydrogen) atoms. The summed E-state index contributed by atoms with van der Waals surface area (Å²) in [6.45, 7) is 2.36. The molecule has 2 heterocycles. The number of ether oxygens (including phenoxy) is 2. The fourth-order valence-corrected chi connectivity index (χ4v) is 8.13. The van der Waals surface area contributed by atoms with Crippen molar-refractivity contribution < 1.29 is 22.9 Å². The molecule has 12 heteroatoms. The summed E-state index contributed by atoms with van der Waals surface area (Å²) in [4.78, 5) is 17.3. The van der Waals surface area contributed by atoms with Crippen molar-refractivity contribution in [2.45, 2.75) is 31.6 Å². The number of rotatable bonds is 10. The Bertz CT molecular complexity index is 1720. The summed E-state index contributed by atoms with van der Waals surface area (Å²) in [5, 5.41) is 17.0. The van der Waals surface area contributed by atoms with Gasteiger partial charge in [-0.3, -0.25) is 9.78 Å². The van der Waals surface area contributed by atoms with Crippen LogP contribution in [0.15, 0.2) is 60.8 Å². The van der Waals surface area contributed by atoms with Gasteiger partial charge in [-0.05, 0) is 55.3 Å². The van der Waals surface area contributed by atoms with Gasteiger partial charge < -0.3 is 20.1 Å². The maximum Gasteiger partial charge on any atom is 0.225 e. The highest BCUT2D eigenvalue weighted by Gasteiger charge is 2.25. The molecule has 1 aliphatic heterocycles. The third-order valence-corrected chi connectivity index (χ3v) is 10.1. The maximum absolute atomic E-state index is 13.5. The molecular formula is C30H26ClFN4O4S2. The Morgan fingerprint density at radius 2 is 2.07 bits per heavy atom. The number of nitriles is 1. The van der Waals surface area contributed by atoms with Crippen molar-refractivity contribution in [2.75, 3.05) is 23.0 Å². The molecule has 5 rings (SSSR count). The molecule has 1 saturated heterocycles. The normalized spacial score (nSPS) is 16.1. The summed E-state index contributed by atoms with van der Waals surface area (Å²) in [6, 6.07) is 16.8. The summed E-state index contributed by atoms with van der Waals surface area (Å²) in [5.41, 5.74) is 3.02. The second kappa shape index (κ2) is 13.4. The predicted octanol–water partition coefficient (Wildman–Crippen LogP) is 7.12. The van der Waals surface area contributed by atoms with Gasteiger partial charge in [-0.25, -0.2) is 8.60 Å². The van der Waals surface area contributed by atoms with E-state index in [0.29, 0.717) is 62.4 Å². The first-order valence-electron chi connectivity index (χ1n) is 13.1. The van der Waals surface area contributed by atoms with E-state index in [1.54, 1.807) is 42.5 Å². The van der Waals surface area contributed by atoms with E-state index in [1.165, 1.54) is 29.1 Å². The number of amides is 1. The van der Waals surface area contributed by atoms with Crippen LogP contribution in [0.3, 0.4) is 0 Å². The number of nitrogens with zero attached hydrogens (tertiary/aromatic N) is 2. The van der Waals surface area contributed by atoms with Crippen molar-refractivity contribution in [1.82, 2.24) is 4.98 Å². The number of halogens is 2. The van der Waals surface area contributed by atoms with E-state index in [1.807, 2.05) is 6.92 Å². The van der Waals surface area contributed by atoms with Gasteiger partial charge in [0.1, 0.15) is 30.0 Å². The van der Waals surface area contributed by atoms with Gasteiger partial charge in [0.25, 0.3) is 0 Å². The van der Waals surface area contributed by atoms with Gasteiger partial charge in [0.05, 0.1) is 43.9 Å². The lowest BCUT2D eigenvalue weighted by molar-refractivity contribution is -0.116. The number of pyridine rings is 1. The molecule has 1 aromatic heterocycles. The Morgan fingerprint density at radius 3 is 2.79 bits per heavy atom. The SMILES string of the molecule is CCOc1cc2ncc(C#N)c(Nc3ccc(OCc4cccc(F)c4)c(Cl)c3)c2cc1NC(=O)CC1CCS(=O)S1. The van der Waals surface area contributed by atoms with Crippen molar-refractivity contribution in [1.29, 1.82) is 5.26 Å². The molecule has 2 atom stereocenters. The summed E-state index contributed by atoms with van der Waals surface area (Å²) in [7, 11) is 0.375. The highest BCUT2D eigenvalue weighted by molar-refractivity contribution is 8.69. The molecule has 0 aliphatic carbocycles. The minimum Gasteiger partial charge on any atom is -0.492 e. The first kappa shape index (κ1) is 29.6. The van der Waals surface area contributed by atoms with E-state index < -0.39 is 9.83 Å². The van der Waals surface area contributed by atoms with Crippen LogP contribution in [0.1, 0.15) is 30.9 Å². The number of anilines is 3. The molecule has 0 bridgehead atoms. The van der Waals surface area contributed by atoms with E-state index in [-0.39, 0.29) is 35.6 Å². The Balaban J connectivity index is 1.41. The molecular weight excluding hydrogens is 599 g/mol. The van der Waals surface area contributed by atoms with Crippen LogP contribution in [0, 0.1) is 17.1 Å². The summed E-state index contributed by atoms with van der Waals surface area (Å²) in [6.07, 6.45) is 2.42. The van der Waals surface area contributed by atoms with Crippen LogP contribution in [-0.2, 0) is 21.2 Å². The van der Waals surface area contributed by atoms with Gasteiger partial charge in [0.2, 0.25) is 5.91 Å². The lowest BCUT2D eigenvalue weighted by Gasteiger charge is -2.17. The summed E-state index contributed by atoms with van der Waals surface area (Å²) < 4.78 is 36.8. The van der Waals surface area contributed by atoms with Crippen LogP contribution in [0.4, 0.5) is 21.5 Å². The van der Waals surface area contributed by atoms with E-state index in [4.69, 9.17) is 21.1 Å². The molecule has 3 aromatic carbocycles. The van der Waals surface area contributed by atoms with Crippen molar-refractivity contribution in [2.24, 2.45) is 0 Å². The lowest BCUT2D eigenvalue weighted by Crippen LogP contribution is -2.17. The molecule has 1 aliphatic rings. The van der Waals surface area contributed by atoms with Gasteiger partial charge in [-0.1, -0.05) is 34.5 Å². The maximum atomic E-state index is 13.5. The number of benzene rings is 3. The average molecular weight is 625 g/mol. The summed E-state index contributed by atoms with van der Waals surface area (Å²) >= 11 is 6.50. The van der Waals surface area contributed by atoms with Crippen LogP contribution in [0.5, 0.6) is 11.5 Å². The highest BCUT2D eigenvalue weighted by atomic mass is 35.5. The van der Waals surface area contributed by atoms with Gasteiger partial charge in [0.15, 0.2) is 0 Å². The second-order valence-corrected chi connectivity index (χ2v) is 13.4. The Hall–Kier alpha value is -3.85. The number of hydrogen-bond acceptors (Lipinski definition) is 8. The van der Waals surface area contributed by atoms with E-state index >= 15 is 0 Å². The van der Waals surface area contributed by atoms with Crippen molar-refractivity contribution in [3.05, 3.63) is 82.8 Å². The standard InChI is InChI=1S/C30H26ClFN4O4S2/c1-2-39-28-14-25-23(13-26(28)36-29(37)12-22-8-9-42(38)41-22)30(19(15-33)16-34-25)35-21-6-7-27(24(31)11-21)40-17-18-4-3-5-20(32)10-18/h3-7,10-11,13-14,16,22H,2,8-9,12,17H2,1H3,(H,34,35)(H,36,37). The monoisotopic (exact) mass is 624 g/mol. The first-order chi connectivity index (χ1) is 20.3. The van der Waals surface area contributed by atoms with Crippen LogP contribution in [0.25, 0.3) is 10.9 Å². The number of carbonyl (C=O) groups excluding carboxylic acids is 1. The van der Waals surface area contributed by atoms with E-state index in [0.717, 1.165) is 6.42 Å². The van der Waals surface area contributed by atoms with Gasteiger partial charge >= 0.3 is 0 Å². The largest absolute Gasteiger partial charge is 0.492 e. The third kappa shape index (κ3) is 7.13. The molecule has 2 unspecified atom stereocenters. The molecule has 216 valence electrons. The zero-order valence-corrected chi connectivity index (χ0v) is 24.9. The molecule has 2 N–H and O–H groups in total. The minimum atomic E-state index is -0.949. The number of hydrogen-bond donors (Lipinski definition) is 2. The third-order valence-electron chi connectivity index (χ3n) is 6.41. The number of fused-ring (bicyclic) bond motifs is 1. The number of nitrogens with one attached hydrogen (secondary N) is 2. The number of carbonyl (C=O) groups is 1. The molecule has 1 fully saturated rings. The minimum absolute atomic E-state index is 0.00326. The summed E-state index contributed by atoms with van der Waals surface area (Å²) in [5.74, 6) is 0.895. The second-order valence-electron chi connectivity index (χ2n) is 9.41. The Labute approximate surface area is 253 Å². The molecule has 0 saturated carbocycles. The van der Waals surface area contributed by atoms with Gasteiger partial charge in [-0.15, -0.1) is 0 Å². The van der Waals surface area contributed by atoms with Gasteiger partial charge in [-0.2, -0.15) is 5.26 Å². The zero-order valence-electron chi connectivity index (χ0n) is 22.5. The van der Waals surface area contributed by atoms with Crippen molar-refractivity contribution >= 4 is 66.1 Å². The van der Waals surface area contributed by atoms with Crippen LogP contribution < -0.4 is 20.1 Å².